The molecule has 6 nitrogen and oxygen atoms in total. The van der Waals surface area contributed by atoms with E-state index in [-0.39, 0.29) is 24.4 Å². The Labute approximate surface area is 130 Å². The van der Waals surface area contributed by atoms with Gasteiger partial charge in [-0.15, -0.1) is 0 Å². The molecule has 0 aliphatic heterocycles. The summed E-state index contributed by atoms with van der Waals surface area (Å²) in [6, 6.07) is 5.36. The summed E-state index contributed by atoms with van der Waals surface area (Å²) in [6.07, 6.45) is 3.00. The molecule has 22 heavy (non-hydrogen) atoms. The van der Waals surface area contributed by atoms with Crippen molar-refractivity contribution in [2.24, 2.45) is 0 Å². The predicted molar refractivity (Wildman–Crippen MR) is 84.9 cm³/mol. The standard InChI is InChI=1S/C16H22N2O4/c1-11(2)18-16(20)10-17-15(19)8-6-12-5-7-13(21-3)14(9-12)22-4/h5-9,11H,10H2,1-4H3,(H,17,19)(H,18,20)/b8-6+. The van der Waals surface area contributed by atoms with Crippen molar-refractivity contribution >= 4 is 17.9 Å². The quantitative estimate of drug-likeness (QED) is 0.746. The van der Waals surface area contributed by atoms with Crippen LogP contribution in [0.4, 0.5) is 0 Å². The molecule has 120 valence electrons. The van der Waals surface area contributed by atoms with Crippen molar-refractivity contribution in [1.82, 2.24) is 10.6 Å². The maximum atomic E-state index is 11.7. The normalized spacial score (nSPS) is 10.6. The molecule has 0 aromatic heterocycles. The minimum atomic E-state index is -0.339. The zero-order valence-electron chi connectivity index (χ0n) is 13.3. The van der Waals surface area contributed by atoms with Crippen molar-refractivity contribution in [2.45, 2.75) is 19.9 Å². The van der Waals surface area contributed by atoms with Crippen LogP contribution in [0, 0.1) is 0 Å². The molecule has 0 bridgehead atoms. The Balaban J connectivity index is 2.57. The van der Waals surface area contributed by atoms with Crippen molar-refractivity contribution in [3.05, 3.63) is 29.8 Å². The Bertz CT molecular complexity index is 553. The number of carbonyl (C=O) groups excluding carboxylic acids is 2. The van der Waals surface area contributed by atoms with Crippen LogP contribution in [-0.2, 0) is 9.59 Å². The number of nitrogens with one attached hydrogen (secondary N) is 2. The first-order valence-electron chi connectivity index (χ1n) is 6.93. The zero-order chi connectivity index (χ0) is 16.5. The fraction of sp³-hybridized carbons (Fsp3) is 0.375. The van der Waals surface area contributed by atoms with Gasteiger partial charge in [-0.2, -0.15) is 0 Å². The lowest BCUT2D eigenvalue weighted by Gasteiger charge is -2.08. The van der Waals surface area contributed by atoms with Gasteiger partial charge in [-0.25, -0.2) is 0 Å². The Hall–Kier alpha value is -2.50. The van der Waals surface area contributed by atoms with Crippen LogP contribution in [0.15, 0.2) is 24.3 Å². The molecule has 0 spiro atoms. The van der Waals surface area contributed by atoms with Gasteiger partial charge in [-0.1, -0.05) is 6.07 Å². The first-order chi connectivity index (χ1) is 10.5. The molecule has 0 atom stereocenters. The molecular formula is C16H22N2O4. The van der Waals surface area contributed by atoms with E-state index in [9.17, 15) is 9.59 Å². The van der Waals surface area contributed by atoms with Crippen LogP contribution in [-0.4, -0.2) is 38.6 Å². The number of amides is 2. The van der Waals surface area contributed by atoms with Crippen LogP contribution < -0.4 is 20.1 Å². The largest absolute Gasteiger partial charge is 0.493 e. The molecule has 1 aromatic carbocycles. The van der Waals surface area contributed by atoms with Gasteiger partial charge < -0.3 is 20.1 Å². The first-order valence-corrected chi connectivity index (χ1v) is 6.93. The van der Waals surface area contributed by atoms with E-state index in [0.29, 0.717) is 11.5 Å². The van der Waals surface area contributed by atoms with E-state index >= 15 is 0 Å². The van der Waals surface area contributed by atoms with Gasteiger partial charge in [0.05, 0.1) is 20.8 Å². The summed E-state index contributed by atoms with van der Waals surface area (Å²) in [5, 5.41) is 5.21. The van der Waals surface area contributed by atoms with E-state index < -0.39 is 0 Å². The van der Waals surface area contributed by atoms with Gasteiger partial charge in [-0.05, 0) is 37.6 Å². The Morgan fingerprint density at radius 3 is 2.45 bits per heavy atom. The predicted octanol–water partition coefficient (Wildman–Crippen LogP) is 1.36. The molecule has 0 heterocycles. The summed E-state index contributed by atoms with van der Waals surface area (Å²) in [7, 11) is 3.11. The van der Waals surface area contributed by atoms with Gasteiger partial charge in [0.25, 0.3) is 0 Å². The van der Waals surface area contributed by atoms with E-state index in [1.54, 1.807) is 38.5 Å². The van der Waals surface area contributed by atoms with E-state index in [2.05, 4.69) is 10.6 Å². The second kappa shape index (κ2) is 8.71. The van der Waals surface area contributed by atoms with Gasteiger partial charge in [-0.3, -0.25) is 9.59 Å². The molecule has 2 N–H and O–H groups in total. The summed E-state index contributed by atoms with van der Waals surface area (Å²) in [5.41, 5.74) is 0.791. The molecule has 0 fully saturated rings. The lowest BCUT2D eigenvalue weighted by atomic mass is 10.2. The van der Waals surface area contributed by atoms with Crippen LogP contribution in [0.25, 0.3) is 6.08 Å². The Morgan fingerprint density at radius 1 is 1.18 bits per heavy atom. The molecule has 0 aliphatic rings. The third-order valence-corrected chi connectivity index (χ3v) is 2.71. The maximum absolute atomic E-state index is 11.7. The van der Waals surface area contributed by atoms with Crippen molar-refractivity contribution in [2.75, 3.05) is 20.8 Å². The van der Waals surface area contributed by atoms with Crippen LogP contribution in [0.5, 0.6) is 11.5 Å². The van der Waals surface area contributed by atoms with Crippen LogP contribution in [0.2, 0.25) is 0 Å². The summed E-state index contributed by atoms with van der Waals surface area (Å²) in [6.45, 7) is 3.67. The van der Waals surface area contributed by atoms with E-state index in [1.807, 2.05) is 13.8 Å². The van der Waals surface area contributed by atoms with Gasteiger partial charge in [0.15, 0.2) is 11.5 Å². The van der Waals surface area contributed by atoms with Crippen LogP contribution in [0.1, 0.15) is 19.4 Å². The van der Waals surface area contributed by atoms with E-state index in [4.69, 9.17) is 9.47 Å². The zero-order valence-corrected chi connectivity index (χ0v) is 13.3. The summed E-state index contributed by atoms with van der Waals surface area (Å²) in [4.78, 5) is 23.1. The number of rotatable bonds is 7. The lowest BCUT2D eigenvalue weighted by Crippen LogP contribution is -2.39. The van der Waals surface area contributed by atoms with E-state index in [1.165, 1.54) is 6.08 Å². The second-order valence-corrected chi connectivity index (χ2v) is 4.89. The highest BCUT2D eigenvalue weighted by Crippen LogP contribution is 2.27. The molecular weight excluding hydrogens is 284 g/mol. The smallest absolute Gasteiger partial charge is 0.244 e. The highest BCUT2D eigenvalue weighted by atomic mass is 16.5. The van der Waals surface area contributed by atoms with Gasteiger partial charge in [0.1, 0.15) is 0 Å². The first kappa shape index (κ1) is 17.6. The van der Waals surface area contributed by atoms with Crippen LogP contribution in [0.3, 0.4) is 0 Å². The average molecular weight is 306 g/mol. The highest BCUT2D eigenvalue weighted by molar-refractivity contribution is 5.94. The number of carbonyl (C=O) groups is 2. The molecule has 6 heteroatoms. The molecule has 0 radical (unpaired) electrons. The minimum absolute atomic E-state index is 0.0479. The van der Waals surface area contributed by atoms with Crippen molar-refractivity contribution in [3.8, 4) is 11.5 Å². The SMILES string of the molecule is COc1ccc(/C=C/C(=O)NCC(=O)NC(C)C)cc1OC. The van der Waals surface area contributed by atoms with Gasteiger partial charge in [0.2, 0.25) is 11.8 Å². The molecule has 2 amide bonds. The van der Waals surface area contributed by atoms with Crippen molar-refractivity contribution in [1.29, 1.82) is 0 Å². The molecule has 1 rings (SSSR count). The van der Waals surface area contributed by atoms with Crippen molar-refractivity contribution in [3.63, 3.8) is 0 Å². The Morgan fingerprint density at radius 2 is 1.86 bits per heavy atom. The summed E-state index contributed by atoms with van der Waals surface area (Å²) >= 11 is 0. The number of hydrogen-bond acceptors (Lipinski definition) is 4. The highest BCUT2D eigenvalue weighted by Gasteiger charge is 2.05. The third-order valence-electron chi connectivity index (χ3n) is 2.71. The fourth-order valence-electron chi connectivity index (χ4n) is 1.73. The number of hydrogen-bond donors (Lipinski definition) is 2. The van der Waals surface area contributed by atoms with E-state index in [0.717, 1.165) is 5.56 Å². The number of benzene rings is 1. The van der Waals surface area contributed by atoms with Gasteiger partial charge >= 0.3 is 0 Å². The molecule has 0 aliphatic carbocycles. The topological polar surface area (TPSA) is 76.7 Å². The average Bonchev–Trinajstić information content (AvgIpc) is 2.49. The molecule has 0 saturated heterocycles. The lowest BCUT2D eigenvalue weighted by molar-refractivity contribution is -0.124. The summed E-state index contributed by atoms with van der Waals surface area (Å²) in [5.74, 6) is 0.646. The fourth-order valence-corrected chi connectivity index (χ4v) is 1.73. The number of ether oxygens (including phenoxy) is 2. The maximum Gasteiger partial charge on any atom is 0.244 e. The van der Waals surface area contributed by atoms with Crippen LogP contribution >= 0.6 is 0 Å². The third kappa shape index (κ3) is 5.87. The number of methoxy groups -OCH3 is 2. The molecule has 1 aromatic rings. The van der Waals surface area contributed by atoms with Crippen molar-refractivity contribution < 1.29 is 19.1 Å². The summed E-state index contributed by atoms with van der Waals surface area (Å²) < 4.78 is 10.3. The molecule has 0 unspecified atom stereocenters. The molecule has 0 saturated carbocycles. The van der Waals surface area contributed by atoms with Gasteiger partial charge in [0, 0.05) is 12.1 Å². The second-order valence-electron chi connectivity index (χ2n) is 4.89. The Kier molecular flexibility index (Phi) is 6.95. The minimum Gasteiger partial charge on any atom is -0.493 e. The monoisotopic (exact) mass is 306 g/mol.